The van der Waals surface area contributed by atoms with Crippen LogP contribution in [0, 0.1) is 12.7 Å². The minimum absolute atomic E-state index is 0.0428. The van der Waals surface area contributed by atoms with E-state index >= 15 is 0 Å². The van der Waals surface area contributed by atoms with Crippen molar-refractivity contribution in [2.45, 2.75) is 6.92 Å². The quantitative estimate of drug-likeness (QED) is 0.735. The Morgan fingerprint density at radius 3 is 2.83 bits per heavy atom. The molecule has 3 rings (SSSR count). The molecule has 3 N–H and O–H groups in total. The Morgan fingerprint density at radius 2 is 2.08 bits per heavy atom. The van der Waals surface area contributed by atoms with Crippen LogP contribution in [0.25, 0.3) is 10.9 Å². The van der Waals surface area contributed by atoms with Crippen molar-refractivity contribution in [1.82, 2.24) is 9.97 Å². The SMILES string of the molecule is Cc1cc2ncnc(Nc3ccc(F)c(Cl)c3)c2cc1OCCN. The zero-order chi connectivity index (χ0) is 17.1. The Kier molecular flexibility index (Phi) is 4.78. The maximum atomic E-state index is 13.3. The van der Waals surface area contributed by atoms with Crippen LogP contribution in [-0.4, -0.2) is 23.1 Å². The van der Waals surface area contributed by atoms with Crippen LogP contribution >= 0.6 is 11.6 Å². The molecule has 0 saturated carbocycles. The summed E-state index contributed by atoms with van der Waals surface area (Å²) < 4.78 is 18.9. The van der Waals surface area contributed by atoms with Gasteiger partial charge in [-0.3, -0.25) is 0 Å². The van der Waals surface area contributed by atoms with E-state index in [0.29, 0.717) is 24.7 Å². The molecule has 0 atom stereocenters. The van der Waals surface area contributed by atoms with Crippen molar-refractivity contribution in [3.05, 3.63) is 53.1 Å². The highest BCUT2D eigenvalue weighted by molar-refractivity contribution is 6.31. The minimum Gasteiger partial charge on any atom is -0.492 e. The van der Waals surface area contributed by atoms with Gasteiger partial charge < -0.3 is 15.8 Å². The fourth-order valence-corrected chi connectivity index (χ4v) is 2.50. The van der Waals surface area contributed by atoms with Crippen molar-refractivity contribution in [2.75, 3.05) is 18.5 Å². The first-order valence-corrected chi connectivity index (χ1v) is 7.76. The second-order valence-corrected chi connectivity index (χ2v) is 5.66. The van der Waals surface area contributed by atoms with Crippen molar-refractivity contribution in [3.63, 3.8) is 0 Å². The topological polar surface area (TPSA) is 73.1 Å². The molecule has 0 saturated heterocycles. The first-order valence-electron chi connectivity index (χ1n) is 7.39. The molecular weight excluding hydrogens is 331 g/mol. The zero-order valence-corrected chi connectivity index (χ0v) is 13.8. The first kappa shape index (κ1) is 16.4. The smallest absolute Gasteiger partial charge is 0.141 e. The molecule has 0 bridgehead atoms. The third kappa shape index (κ3) is 3.39. The molecule has 7 heteroatoms. The van der Waals surface area contributed by atoms with E-state index in [4.69, 9.17) is 22.1 Å². The second-order valence-electron chi connectivity index (χ2n) is 5.25. The van der Waals surface area contributed by atoms with Gasteiger partial charge in [0, 0.05) is 17.6 Å². The number of aromatic nitrogens is 2. The van der Waals surface area contributed by atoms with Crippen molar-refractivity contribution < 1.29 is 9.13 Å². The number of hydrogen-bond donors (Lipinski definition) is 2. The number of benzene rings is 2. The van der Waals surface area contributed by atoms with Crippen molar-refractivity contribution >= 4 is 34.0 Å². The Bertz CT molecular complexity index is 888. The number of rotatable bonds is 5. The Labute approximate surface area is 143 Å². The van der Waals surface area contributed by atoms with Crippen LogP contribution in [0.3, 0.4) is 0 Å². The van der Waals surface area contributed by atoms with Gasteiger partial charge >= 0.3 is 0 Å². The summed E-state index contributed by atoms with van der Waals surface area (Å²) in [5, 5.41) is 3.97. The lowest BCUT2D eigenvalue weighted by molar-refractivity contribution is 0.326. The lowest BCUT2D eigenvalue weighted by Gasteiger charge is -2.12. The van der Waals surface area contributed by atoms with Crippen LogP contribution in [0.1, 0.15) is 5.56 Å². The highest BCUT2D eigenvalue weighted by Gasteiger charge is 2.10. The highest BCUT2D eigenvalue weighted by Crippen LogP contribution is 2.30. The van der Waals surface area contributed by atoms with Gasteiger partial charge in [0.1, 0.15) is 30.3 Å². The highest BCUT2D eigenvalue weighted by atomic mass is 35.5. The summed E-state index contributed by atoms with van der Waals surface area (Å²) in [7, 11) is 0. The van der Waals surface area contributed by atoms with E-state index in [9.17, 15) is 4.39 Å². The molecule has 5 nitrogen and oxygen atoms in total. The van der Waals surface area contributed by atoms with Gasteiger partial charge in [-0.15, -0.1) is 0 Å². The normalized spacial score (nSPS) is 10.8. The van der Waals surface area contributed by atoms with Gasteiger partial charge in [0.05, 0.1) is 10.5 Å². The molecule has 2 aromatic carbocycles. The van der Waals surface area contributed by atoms with Gasteiger partial charge in [-0.2, -0.15) is 0 Å². The molecule has 24 heavy (non-hydrogen) atoms. The monoisotopic (exact) mass is 346 g/mol. The van der Waals surface area contributed by atoms with Gasteiger partial charge in [0.25, 0.3) is 0 Å². The molecule has 0 amide bonds. The molecule has 0 unspecified atom stereocenters. The number of halogens is 2. The third-order valence-electron chi connectivity index (χ3n) is 3.49. The summed E-state index contributed by atoms with van der Waals surface area (Å²) in [6.45, 7) is 2.80. The number of nitrogens with zero attached hydrogens (tertiary/aromatic N) is 2. The predicted octanol–water partition coefficient (Wildman–Crippen LogP) is 3.81. The summed E-state index contributed by atoms with van der Waals surface area (Å²) in [6.07, 6.45) is 1.47. The van der Waals surface area contributed by atoms with Gasteiger partial charge in [-0.25, -0.2) is 14.4 Å². The molecule has 124 valence electrons. The van der Waals surface area contributed by atoms with E-state index in [1.165, 1.54) is 18.5 Å². The lowest BCUT2D eigenvalue weighted by atomic mass is 10.1. The van der Waals surface area contributed by atoms with Crippen molar-refractivity contribution in [1.29, 1.82) is 0 Å². The summed E-state index contributed by atoms with van der Waals surface area (Å²) >= 11 is 5.82. The Hall–Kier alpha value is -2.44. The van der Waals surface area contributed by atoms with Gasteiger partial charge in [0.2, 0.25) is 0 Å². The van der Waals surface area contributed by atoms with Crippen LogP contribution < -0.4 is 15.8 Å². The summed E-state index contributed by atoms with van der Waals surface area (Å²) in [5.41, 5.74) is 7.86. The van der Waals surface area contributed by atoms with Crippen molar-refractivity contribution in [2.24, 2.45) is 5.73 Å². The average molecular weight is 347 g/mol. The fraction of sp³-hybridized carbons (Fsp3) is 0.176. The number of anilines is 2. The molecule has 1 aromatic heterocycles. The molecule has 0 aliphatic heterocycles. The fourth-order valence-electron chi connectivity index (χ4n) is 2.32. The Morgan fingerprint density at radius 1 is 1.25 bits per heavy atom. The molecular formula is C17H16ClFN4O. The van der Waals surface area contributed by atoms with Crippen LogP contribution in [-0.2, 0) is 0 Å². The number of ether oxygens (including phenoxy) is 1. The first-order chi connectivity index (χ1) is 11.6. The largest absolute Gasteiger partial charge is 0.492 e. The van der Waals surface area contributed by atoms with Crippen LogP contribution in [0.4, 0.5) is 15.9 Å². The van der Waals surface area contributed by atoms with Gasteiger partial charge in [-0.1, -0.05) is 11.6 Å². The van der Waals surface area contributed by atoms with E-state index in [2.05, 4.69) is 15.3 Å². The van der Waals surface area contributed by atoms with E-state index in [1.54, 1.807) is 6.07 Å². The third-order valence-corrected chi connectivity index (χ3v) is 3.78. The van der Waals surface area contributed by atoms with E-state index in [-0.39, 0.29) is 5.02 Å². The molecule has 0 aliphatic carbocycles. The molecule has 1 heterocycles. The van der Waals surface area contributed by atoms with Crippen LogP contribution in [0.5, 0.6) is 5.75 Å². The van der Waals surface area contributed by atoms with E-state index in [0.717, 1.165) is 22.2 Å². The molecule has 0 spiro atoms. The van der Waals surface area contributed by atoms with Crippen molar-refractivity contribution in [3.8, 4) is 5.75 Å². The maximum Gasteiger partial charge on any atom is 0.141 e. The minimum atomic E-state index is -0.470. The Balaban J connectivity index is 2.01. The van der Waals surface area contributed by atoms with Gasteiger partial charge in [-0.05, 0) is 42.8 Å². The van der Waals surface area contributed by atoms with Crippen LogP contribution in [0.15, 0.2) is 36.7 Å². The number of nitrogens with two attached hydrogens (primary N) is 1. The lowest BCUT2D eigenvalue weighted by Crippen LogP contribution is -2.11. The standard InChI is InChI=1S/C17H16ClFN4O/c1-10-6-15-12(8-16(10)24-5-4-20)17(22-9-21-15)23-11-2-3-14(19)13(18)7-11/h2-3,6-9H,4-5,20H2,1H3,(H,21,22,23). The predicted molar refractivity (Wildman–Crippen MR) is 93.5 cm³/mol. The van der Waals surface area contributed by atoms with E-state index < -0.39 is 5.82 Å². The number of hydrogen-bond acceptors (Lipinski definition) is 5. The molecule has 0 aliphatic rings. The van der Waals surface area contributed by atoms with Gasteiger partial charge in [0.15, 0.2) is 0 Å². The molecule has 0 fully saturated rings. The number of aryl methyl sites for hydroxylation is 1. The summed E-state index contributed by atoms with van der Waals surface area (Å²) in [6, 6.07) is 8.19. The average Bonchev–Trinajstić information content (AvgIpc) is 2.57. The second kappa shape index (κ2) is 6.98. The van der Waals surface area contributed by atoms with E-state index in [1.807, 2.05) is 19.1 Å². The molecule has 3 aromatic rings. The maximum absolute atomic E-state index is 13.3. The summed E-state index contributed by atoms with van der Waals surface area (Å²) in [5.74, 6) is 0.839. The summed E-state index contributed by atoms with van der Waals surface area (Å²) in [4.78, 5) is 8.55. The molecule has 0 radical (unpaired) electrons. The number of nitrogens with one attached hydrogen (secondary N) is 1. The zero-order valence-electron chi connectivity index (χ0n) is 13.0. The van der Waals surface area contributed by atoms with Crippen LogP contribution in [0.2, 0.25) is 5.02 Å². The number of fused-ring (bicyclic) bond motifs is 1.